The van der Waals surface area contributed by atoms with E-state index in [1.807, 2.05) is 24.3 Å². The molecular formula is C14H17NO5. The first kappa shape index (κ1) is 14.2. The van der Waals surface area contributed by atoms with Crippen molar-refractivity contribution in [3.63, 3.8) is 0 Å². The number of rotatable bonds is 6. The number of carbonyl (C=O) groups excluding carboxylic acids is 1. The Morgan fingerprint density at radius 2 is 2.25 bits per heavy atom. The number of nitrogens with zero attached hydrogens (tertiary/aromatic N) is 1. The van der Waals surface area contributed by atoms with E-state index < -0.39 is 12.1 Å². The molecule has 0 radical (unpaired) electrons. The molecule has 0 aliphatic carbocycles. The van der Waals surface area contributed by atoms with Gasteiger partial charge in [-0.15, -0.1) is 0 Å². The largest absolute Gasteiger partial charge is 0.496 e. The first-order valence-electron chi connectivity index (χ1n) is 6.39. The second-order valence-electron chi connectivity index (χ2n) is 4.63. The van der Waals surface area contributed by atoms with Gasteiger partial charge in [0.1, 0.15) is 11.9 Å². The number of para-hydroxylation sites is 1. The SMILES string of the molecule is COc1ccccc1CN1CC(CCC(=O)O)OC1=O. The van der Waals surface area contributed by atoms with Gasteiger partial charge in [-0.1, -0.05) is 18.2 Å². The molecule has 1 aromatic rings. The molecule has 108 valence electrons. The Balaban J connectivity index is 1.96. The van der Waals surface area contributed by atoms with Gasteiger partial charge >= 0.3 is 12.1 Å². The summed E-state index contributed by atoms with van der Waals surface area (Å²) in [5.41, 5.74) is 0.894. The lowest BCUT2D eigenvalue weighted by molar-refractivity contribution is -0.137. The van der Waals surface area contributed by atoms with E-state index in [1.54, 1.807) is 12.0 Å². The van der Waals surface area contributed by atoms with Gasteiger partial charge in [-0.3, -0.25) is 4.79 Å². The maximum Gasteiger partial charge on any atom is 0.410 e. The number of ether oxygens (including phenoxy) is 2. The van der Waals surface area contributed by atoms with E-state index in [1.165, 1.54) is 0 Å². The topological polar surface area (TPSA) is 76.1 Å². The first-order valence-corrected chi connectivity index (χ1v) is 6.39. The zero-order chi connectivity index (χ0) is 14.5. The summed E-state index contributed by atoms with van der Waals surface area (Å²) in [5.74, 6) is -0.168. The molecule has 1 aliphatic heterocycles. The Morgan fingerprint density at radius 3 is 2.95 bits per heavy atom. The molecule has 0 spiro atoms. The van der Waals surface area contributed by atoms with Crippen LogP contribution in [0.2, 0.25) is 0 Å². The van der Waals surface area contributed by atoms with E-state index in [4.69, 9.17) is 14.6 Å². The number of methoxy groups -OCH3 is 1. The number of amides is 1. The summed E-state index contributed by atoms with van der Waals surface area (Å²) >= 11 is 0. The molecule has 1 saturated heterocycles. The molecule has 20 heavy (non-hydrogen) atoms. The minimum atomic E-state index is -0.885. The zero-order valence-corrected chi connectivity index (χ0v) is 11.2. The Morgan fingerprint density at radius 1 is 1.50 bits per heavy atom. The van der Waals surface area contributed by atoms with Crippen LogP contribution in [0.25, 0.3) is 0 Å². The van der Waals surface area contributed by atoms with Crippen molar-refractivity contribution < 1.29 is 24.2 Å². The number of hydrogen-bond donors (Lipinski definition) is 1. The summed E-state index contributed by atoms with van der Waals surface area (Å²) in [5, 5.41) is 8.64. The molecule has 6 heteroatoms. The number of hydrogen-bond acceptors (Lipinski definition) is 4. The summed E-state index contributed by atoms with van der Waals surface area (Å²) in [4.78, 5) is 23.8. The molecule has 1 amide bonds. The highest BCUT2D eigenvalue weighted by atomic mass is 16.6. The lowest BCUT2D eigenvalue weighted by Gasteiger charge is -2.15. The molecule has 1 fully saturated rings. The van der Waals surface area contributed by atoms with Gasteiger partial charge in [0, 0.05) is 12.0 Å². The number of benzene rings is 1. The van der Waals surface area contributed by atoms with Crippen LogP contribution in [0.4, 0.5) is 4.79 Å². The first-order chi connectivity index (χ1) is 9.60. The maximum atomic E-state index is 11.7. The fourth-order valence-corrected chi connectivity index (χ4v) is 2.18. The second-order valence-corrected chi connectivity index (χ2v) is 4.63. The highest BCUT2D eigenvalue weighted by molar-refractivity contribution is 5.70. The Hall–Kier alpha value is -2.24. The molecule has 1 heterocycles. The third-order valence-electron chi connectivity index (χ3n) is 3.18. The Labute approximate surface area is 116 Å². The van der Waals surface area contributed by atoms with Gasteiger partial charge in [0.05, 0.1) is 20.2 Å². The minimum absolute atomic E-state index is 0.000441. The van der Waals surface area contributed by atoms with Crippen molar-refractivity contribution >= 4 is 12.1 Å². The number of aliphatic carboxylic acids is 1. The monoisotopic (exact) mass is 279 g/mol. The van der Waals surface area contributed by atoms with E-state index in [0.29, 0.717) is 25.3 Å². The fourth-order valence-electron chi connectivity index (χ4n) is 2.18. The molecule has 6 nitrogen and oxygen atoms in total. The van der Waals surface area contributed by atoms with Crippen LogP contribution < -0.4 is 4.74 Å². The smallest absolute Gasteiger partial charge is 0.410 e. The Kier molecular flexibility index (Phi) is 4.45. The molecule has 0 bridgehead atoms. The van der Waals surface area contributed by atoms with Crippen molar-refractivity contribution in [2.24, 2.45) is 0 Å². The molecule has 0 aromatic heterocycles. The van der Waals surface area contributed by atoms with E-state index in [-0.39, 0.29) is 12.5 Å². The molecule has 1 aliphatic rings. The van der Waals surface area contributed by atoms with Crippen LogP contribution in [0, 0.1) is 0 Å². The fraction of sp³-hybridized carbons (Fsp3) is 0.429. The predicted molar refractivity (Wildman–Crippen MR) is 70.5 cm³/mol. The summed E-state index contributed by atoms with van der Waals surface area (Å²) in [6, 6.07) is 7.46. The van der Waals surface area contributed by atoms with Gasteiger partial charge in [-0.25, -0.2) is 4.79 Å². The summed E-state index contributed by atoms with van der Waals surface area (Å²) in [7, 11) is 1.58. The highest BCUT2D eigenvalue weighted by Gasteiger charge is 2.31. The van der Waals surface area contributed by atoms with Gasteiger partial charge in [0.15, 0.2) is 0 Å². The molecule has 0 saturated carbocycles. The zero-order valence-electron chi connectivity index (χ0n) is 11.2. The van der Waals surface area contributed by atoms with Crippen LogP contribution >= 0.6 is 0 Å². The molecular weight excluding hydrogens is 262 g/mol. The lowest BCUT2D eigenvalue weighted by atomic mass is 10.1. The average molecular weight is 279 g/mol. The van der Waals surface area contributed by atoms with Gasteiger partial charge in [-0.2, -0.15) is 0 Å². The van der Waals surface area contributed by atoms with E-state index in [0.717, 1.165) is 5.56 Å². The van der Waals surface area contributed by atoms with Crippen LogP contribution in [-0.2, 0) is 16.1 Å². The van der Waals surface area contributed by atoms with Crippen molar-refractivity contribution in [2.45, 2.75) is 25.5 Å². The quantitative estimate of drug-likeness (QED) is 0.860. The van der Waals surface area contributed by atoms with Crippen LogP contribution in [0.15, 0.2) is 24.3 Å². The van der Waals surface area contributed by atoms with Crippen LogP contribution in [0.3, 0.4) is 0 Å². The number of carboxylic acid groups (broad SMARTS) is 1. The third kappa shape index (κ3) is 3.40. The second kappa shape index (κ2) is 6.27. The number of cyclic esters (lactones) is 1. The van der Waals surface area contributed by atoms with Crippen molar-refractivity contribution in [3.05, 3.63) is 29.8 Å². The molecule has 1 atom stereocenters. The van der Waals surface area contributed by atoms with E-state index in [2.05, 4.69) is 0 Å². The standard InChI is InChI=1S/C14H17NO5/c1-19-12-5-3-2-4-10(12)8-15-9-11(20-14(15)18)6-7-13(16)17/h2-5,11H,6-9H2,1H3,(H,16,17). The molecule has 2 rings (SSSR count). The third-order valence-corrected chi connectivity index (χ3v) is 3.18. The minimum Gasteiger partial charge on any atom is -0.496 e. The maximum absolute atomic E-state index is 11.7. The predicted octanol–water partition coefficient (Wildman–Crippen LogP) is 1.88. The van der Waals surface area contributed by atoms with Gasteiger partial charge in [-0.05, 0) is 12.5 Å². The summed E-state index contributed by atoms with van der Waals surface area (Å²) < 4.78 is 10.4. The summed E-state index contributed by atoms with van der Waals surface area (Å²) in [6.45, 7) is 0.802. The average Bonchev–Trinajstić information content (AvgIpc) is 2.78. The van der Waals surface area contributed by atoms with Crippen LogP contribution in [-0.4, -0.2) is 41.8 Å². The number of carboxylic acids is 1. The molecule has 1 N–H and O–H groups in total. The van der Waals surface area contributed by atoms with Gasteiger partial charge in [0.2, 0.25) is 0 Å². The van der Waals surface area contributed by atoms with Gasteiger partial charge in [0.25, 0.3) is 0 Å². The van der Waals surface area contributed by atoms with Crippen LogP contribution in [0.1, 0.15) is 18.4 Å². The lowest BCUT2D eigenvalue weighted by Crippen LogP contribution is -2.25. The number of carbonyl (C=O) groups is 2. The normalized spacial score (nSPS) is 17.9. The molecule has 1 unspecified atom stereocenters. The van der Waals surface area contributed by atoms with Crippen molar-refractivity contribution in [1.29, 1.82) is 0 Å². The molecule has 1 aromatic carbocycles. The highest BCUT2D eigenvalue weighted by Crippen LogP contribution is 2.23. The van der Waals surface area contributed by atoms with Crippen LogP contribution in [0.5, 0.6) is 5.75 Å². The summed E-state index contributed by atoms with van der Waals surface area (Å²) in [6.07, 6.45) is -0.427. The van der Waals surface area contributed by atoms with Crippen molar-refractivity contribution in [3.8, 4) is 5.75 Å². The van der Waals surface area contributed by atoms with Crippen molar-refractivity contribution in [1.82, 2.24) is 4.90 Å². The van der Waals surface area contributed by atoms with E-state index in [9.17, 15) is 9.59 Å². The van der Waals surface area contributed by atoms with Crippen molar-refractivity contribution in [2.75, 3.05) is 13.7 Å². The van der Waals surface area contributed by atoms with Gasteiger partial charge < -0.3 is 19.5 Å². The van der Waals surface area contributed by atoms with E-state index >= 15 is 0 Å². The Bertz CT molecular complexity index is 502.